The molecule has 1 aromatic heterocycles. The number of hydrogen-bond donors (Lipinski definition) is 1. The molecule has 2 aromatic rings. The minimum Gasteiger partial charge on any atom is -0.387 e. The van der Waals surface area contributed by atoms with Gasteiger partial charge in [-0.2, -0.15) is 5.10 Å². The Labute approximate surface area is 124 Å². The fraction of sp³-hybridized carbons (Fsp3) is 0.400. The average Bonchev–Trinajstić information content (AvgIpc) is 2.97. The first-order valence-electron chi connectivity index (χ1n) is 7.07. The second-order valence-corrected chi connectivity index (χ2v) is 7.74. The number of para-hydroxylation sites is 1. The molecule has 1 aliphatic rings. The predicted molar refractivity (Wildman–Crippen MR) is 79.9 cm³/mol. The molecule has 1 fully saturated rings. The van der Waals surface area contributed by atoms with Gasteiger partial charge in [0.2, 0.25) is 0 Å². The van der Waals surface area contributed by atoms with E-state index in [0.717, 1.165) is 12.1 Å². The number of benzene rings is 1. The highest BCUT2D eigenvalue weighted by molar-refractivity contribution is 7.92. The van der Waals surface area contributed by atoms with E-state index in [2.05, 4.69) is 5.10 Å². The van der Waals surface area contributed by atoms with Crippen molar-refractivity contribution in [3.05, 3.63) is 48.3 Å². The largest absolute Gasteiger partial charge is 0.387 e. The van der Waals surface area contributed by atoms with Gasteiger partial charge in [-0.05, 0) is 25.0 Å². The lowest BCUT2D eigenvalue weighted by Gasteiger charge is -2.25. The Kier molecular flexibility index (Phi) is 3.82. The summed E-state index contributed by atoms with van der Waals surface area (Å²) in [5, 5.41) is 13.9. The van der Waals surface area contributed by atoms with Gasteiger partial charge in [0.25, 0.3) is 0 Å². The van der Waals surface area contributed by atoms with Crippen LogP contribution in [-0.2, 0) is 9.84 Å². The second kappa shape index (κ2) is 5.61. The summed E-state index contributed by atoms with van der Waals surface area (Å²) in [7, 11) is -3.21. The van der Waals surface area contributed by atoms with Crippen molar-refractivity contribution in [1.82, 2.24) is 9.78 Å². The number of aromatic nitrogens is 2. The average molecular weight is 306 g/mol. The molecule has 0 bridgehead atoms. The van der Waals surface area contributed by atoms with E-state index in [9.17, 15) is 13.5 Å². The lowest BCUT2D eigenvalue weighted by atomic mass is 10.1. The summed E-state index contributed by atoms with van der Waals surface area (Å²) in [6.45, 7) is 0. The third kappa shape index (κ3) is 2.87. The van der Waals surface area contributed by atoms with E-state index in [0.29, 0.717) is 18.4 Å². The fourth-order valence-electron chi connectivity index (χ4n) is 2.76. The molecule has 2 heterocycles. The Balaban J connectivity index is 1.86. The van der Waals surface area contributed by atoms with Crippen molar-refractivity contribution >= 4 is 9.84 Å². The zero-order valence-electron chi connectivity index (χ0n) is 11.6. The molecule has 2 unspecified atom stereocenters. The van der Waals surface area contributed by atoms with Crippen molar-refractivity contribution in [2.24, 2.45) is 0 Å². The molecule has 2 atom stereocenters. The summed E-state index contributed by atoms with van der Waals surface area (Å²) < 4.78 is 25.8. The van der Waals surface area contributed by atoms with E-state index in [1.807, 2.05) is 30.3 Å². The number of aliphatic hydroxyl groups excluding tert-OH is 1. The van der Waals surface area contributed by atoms with Crippen LogP contribution in [0.4, 0.5) is 0 Å². The Bertz CT molecular complexity index is 710. The predicted octanol–water partition coefficient (Wildman–Crippen LogP) is 1.87. The smallest absolute Gasteiger partial charge is 0.156 e. The first-order valence-corrected chi connectivity index (χ1v) is 8.79. The van der Waals surface area contributed by atoms with Crippen LogP contribution in [-0.4, -0.2) is 34.3 Å². The molecule has 0 radical (unpaired) electrons. The van der Waals surface area contributed by atoms with Gasteiger partial charge < -0.3 is 5.11 Å². The zero-order valence-corrected chi connectivity index (χ0v) is 12.4. The van der Waals surface area contributed by atoms with Crippen molar-refractivity contribution in [2.75, 3.05) is 5.75 Å². The van der Waals surface area contributed by atoms with Gasteiger partial charge in [0.15, 0.2) is 9.84 Å². The number of hydrogen-bond acceptors (Lipinski definition) is 4. The molecular formula is C15H18N2O3S. The number of sulfone groups is 1. The molecule has 5 nitrogen and oxygen atoms in total. The Morgan fingerprint density at radius 1 is 1.24 bits per heavy atom. The molecule has 21 heavy (non-hydrogen) atoms. The van der Waals surface area contributed by atoms with Gasteiger partial charge in [-0.1, -0.05) is 24.6 Å². The van der Waals surface area contributed by atoms with E-state index in [1.54, 1.807) is 17.1 Å². The Morgan fingerprint density at radius 3 is 2.71 bits per heavy atom. The maximum atomic E-state index is 12.1. The molecule has 0 aliphatic carbocycles. The van der Waals surface area contributed by atoms with Crippen molar-refractivity contribution in [3.8, 4) is 5.69 Å². The molecule has 6 heteroatoms. The normalized spacial score (nSPS) is 22.8. The highest BCUT2D eigenvalue weighted by atomic mass is 32.2. The van der Waals surface area contributed by atoms with Crippen LogP contribution < -0.4 is 0 Å². The van der Waals surface area contributed by atoms with Crippen LogP contribution in [0.15, 0.2) is 42.7 Å². The number of aliphatic hydroxyl groups is 1. The molecular weight excluding hydrogens is 288 g/mol. The van der Waals surface area contributed by atoms with Crippen molar-refractivity contribution in [2.45, 2.75) is 30.6 Å². The molecule has 1 N–H and O–H groups in total. The molecule has 1 aliphatic heterocycles. The topological polar surface area (TPSA) is 72.2 Å². The first kappa shape index (κ1) is 14.3. The van der Waals surface area contributed by atoms with Crippen molar-refractivity contribution in [1.29, 1.82) is 0 Å². The van der Waals surface area contributed by atoms with Gasteiger partial charge >= 0.3 is 0 Å². The minimum absolute atomic E-state index is 0.168. The van der Waals surface area contributed by atoms with Crippen LogP contribution >= 0.6 is 0 Å². The van der Waals surface area contributed by atoms with Gasteiger partial charge in [0.1, 0.15) is 0 Å². The third-order valence-corrected chi connectivity index (χ3v) is 6.22. The number of nitrogens with zero attached hydrogens (tertiary/aromatic N) is 2. The standard InChI is InChI=1S/C15H18N2O3S/c18-15(14-8-4-5-9-21(14,19)20)12-10-16-17(11-12)13-6-2-1-3-7-13/h1-3,6-7,10-11,14-15,18H,4-5,8-9H2. The third-order valence-electron chi connectivity index (χ3n) is 3.95. The minimum atomic E-state index is -3.21. The Morgan fingerprint density at radius 2 is 2.00 bits per heavy atom. The van der Waals surface area contributed by atoms with Gasteiger partial charge in [0, 0.05) is 11.8 Å². The lowest BCUT2D eigenvalue weighted by molar-refractivity contribution is 0.164. The molecule has 0 saturated carbocycles. The molecule has 1 saturated heterocycles. The van der Waals surface area contributed by atoms with Gasteiger partial charge in [-0.25, -0.2) is 13.1 Å². The molecule has 0 amide bonds. The van der Waals surface area contributed by atoms with E-state index in [1.165, 1.54) is 0 Å². The van der Waals surface area contributed by atoms with Crippen molar-refractivity contribution < 1.29 is 13.5 Å². The maximum absolute atomic E-state index is 12.1. The van der Waals surface area contributed by atoms with Crippen LogP contribution in [0, 0.1) is 0 Å². The van der Waals surface area contributed by atoms with E-state index >= 15 is 0 Å². The van der Waals surface area contributed by atoms with Gasteiger partial charge in [-0.3, -0.25) is 0 Å². The summed E-state index contributed by atoms with van der Waals surface area (Å²) in [4.78, 5) is 0. The summed E-state index contributed by atoms with van der Waals surface area (Å²) in [6.07, 6.45) is 4.28. The zero-order chi connectivity index (χ0) is 14.9. The van der Waals surface area contributed by atoms with Crippen LogP contribution in [0.25, 0.3) is 5.69 Å². The Hall–Kier alpha value is -1.66. The molecule has 3 rings (SSSR count). The van der Waals surface area contributed by atoms with E-state index in [4.69, 9.17) is 0 Å². The highest BCUT2D eigenvalue weighted by Crippen LogP contribution is 2.30. The molecule has 1 aromatic carbocycles. The van der Waals surface area contributed by atoms with Crippen LogP contribution in [0.2, 0.25) is 0 Å². The number of rotatable bonds is 3. The van der Waals surface area contributed by atoms with Gasteiger partial charge in [0.05, 0.1) is 29.0 Å². The van der Waals surface area contributed by atoms with Crippen LogP contribution in [0.5, 0.6) is 0 Å². The van der Waals surface area contributed by atoms with Gasteiger partial charge in [-0.15, -0.1) is 0 Å². The monoisotopic (exact) mass is 306 g/mol. The quantitative estimate of drug-likeness (QED) is 0.939. The molecule has 112 valence electrons. The SMILES string of the molecule is O=S1(=O)CCCCC1C(O)c1cnn(-c2ccccc2)c1. The van der Waals surface area contributed by atoms with E-state index < -0.39 is 21.2 Å². The molecule has 0 spiro atoms. The van der Waals surface area contributed by atoms with Crippen LogP contribution in [0.3, 0.4) is 0 Å². The second-order valence-electron chi connectivity index (χ2n) is 5.40. The van der Waals surface area contributed by atoms with Crippen LogP contribution in [0.1, 0.15) is 30.9 Å². The lowest BCUT2D eigenvalue weighted by Crippen LogP contribution is -2.33. The summed E-state index contributed by atoms with van der Waals surface area (Å²) in [5.41, 5.74) is 1.43. The van der Waals surface area contributed by atoms with Crippen molar-refractivity contribution in [3.63, 3.8) is 0 Å². The maximum Gasteiger partial charge on any atom is 0.156 e. The summed E-state index contributed by atoms with van der Waals surface area (Å²) in [6, 6.07) is 9.52. The summed E-state index contributed by atoms with van der Waals surface area (Å²) >= 11 is 0. The fourth-order valence-corrected chi connectivity index (χ4v) is 4.74. The van der Waals surface area contributed by atoms with E-state index in [-0.39, 0.29) is 5.75 Å². The highest BCUT2D eigenvalue weighted by Gasteiger charge is 2.35. The summed E-state index contributed by atoms with van der Waals surface area (Å²) in [5.74, 6) is 0.168. The first-order chi connectivity index (χ1) is 10.1.